The molecule has 5 nitrogen and oxygen atoms in total. The van der Waals surface area contributed by atoms with Gasteiger partial charge in [0.05, 0.1) is 10.6 Å². The number of sulfonamides is 1. The topological polar surface area (TPSA) is 66.5 Å². The minimum atomic E-state index is -3.63. The van der Waals surface area contributed by atoms with Gasteiger partial charge in [-0.2, -0.15) is 0 Å². The molecule has 3 rings (SSSR count). The Hall–Kier alpha value is -1.83. The highest BCUT2D eigenvalue weighted by molar-refractivity contribution is 8.00. The zero-order chi connectivity index (χ0) is 19.6. The van der Waals surface area contributed by atoms with Crippen molar-refractivity contribution in [3.05, 3.63) is 53.6 Å². The number of hydrogen-bond acceptors (Lipinski definition) is 4. The maximum absolute atomic E-state index is 12.7. The number of nitrogens with zero attached hydrogens (tertiary/aromatic N) is 1. The van der Waals surface area contributed by atoms with E-state index < -0.39 is 10.0 Å². The molecule has 1 aliphatic heterocycles. The van der Waals surface area contributed by atoms with Crippen LogP contribution < -0.4 is 9.62 Å². The predicted molar refractivity (Wildman–Crippen MR) is 110 cm³/mol. The van der Waals surface area contributed by atoms with Gasteiger partial charge in [0.25, 0.3) is 0 Å². The molecule has 0 fully saturated rings. The van der Waals surface area contributed by atoms with Crippen molar-refractivity contribution >= 4 is 33.4 Å². The van der Waals surface area contributed by atoms with Gasteiger partial charge in [-0.25, -0.2) is 13.1 Å². The molecule has 0 aromatic heterocycles. The van der Waals surface area contributed by atoms with Crippen LogP contribution in [0.2, 0.25) is 0 Å². The lowest BCUT2D eigenvalue weighted by Crippen LogP contribution is -2.37. The lowest BCUT2D eigenvalue weighted by atomic mass is 10.1. The Morgan fingerprint density at radius 1 is 1.22 bits per heavy atom. The van der Waals surface area contributed by atoms with Crippen molar-refractivity contribution in [1.29, 1.82) is 0 Å². The number of fused-ring (bicyclic) bond motifs is 1. The first kappa shape index (κ1) is 19.9. The van der Waals surface area contributed by atoms with Crippen molar-refractivity contribution in [2.75, 3.05) is 18.0 Å². The van der Waals surface area contributed by atoms with Gasteiger partial charge in [0.2, 0.25) is 15.9 Å². The summed E-state index contributed by atoms with van der Waals surface area (Å²) in [5.74, 6) is -0.0784. The van der Waals surface area contributed by atoms with E-state index in [1.54, 1.807) is 34.9 Å². The maximum atomic E-state index is 12.7. The monoisotopic (exact) mass is 404 g/mol. The van der Waals surface area contributed by atoms with Crippen LogP contribution in [0.25, 0.3) is 0 Å². The van der Waals surface area contributed by atoms with Gasteiger partial charge in [-0.1, -0.05) is 36.8 Å². The number of carbonyl (C=O) groups is 1. The molecule has 0 aliphatic carbocycles. The second-order valence-electron chi connectivity index (χ2n) is 6.82. The van der Waals surface area contributed by atoms with E-state index in [0.717, 1.165) is 10.5 Å². The van der Waals surface area contributed by atoms with E-state index in [-0.39, 0.29) is 16.1 Å². The third-order valence-electron chi connectivity index (χ3n) is 4.51. The van der Waals surface area contributed by atoms with Gasteiger partial charge in [-0.3, -0.25) is 4.79 Å². The van der Waals surface area contributed by atoms with Crippen molar-refractivity contribution < 1.29 is 13.2 Å². The molecule has 0 spiro atoms. The lowest BCUT2D eigenvalue weighted by molar-refractivity contribution is -0.116. The zero-order valence-corrected chi connectivity index (χ0v) is 17.4. The van der Waals surface area contributed by atoms with Gasteiger partial charge >= 0.3 is 0 Å². The van der Waals surface area contributed by atoms with Crippen molar-refractivity contribution in [3.8, 4) is 0 Å². The van der Waals surface area contributed by atoms with E-state index in [2.05, 4.69) is 11.6 Å². The number of anilines is 1. The molecule has 2 aromatic rings. The molecule has 0 radical (unpaired) electrons. The molecule has 7 heteroatoms. The number of benzene rings is 2. The van der Waals surface area contributed by atoms with Gasteiger partial charge in [-0.05, 0) is 37.1 Å². The van der Waals surface area contributed by atoms with Gasteiger partial charge in [-0.15, -0.1) is 11.8 Å². The van der Waals surface area contributed by atoms with Gasteiger partial charge < -0.3 is 4.90 Å². The van der Waals surface area contributed by atoms with Crippen LogP contribution in [0.1, 0.15) is 25.0 Å². The molecule has 144 valence electrons. The van der Waals surface area contributed by atoms with Crippen molar-refractivity contribution in [2.24, 2.45) is 0 Å². The van der Waals surface area contributed by atoms with Crippen LogP contribution in [-0.4, -0.2) is 32.7 Å². The first-order chi connectivity index (χ1) is 12.8. The number of nitrogens with one attached hydrogen (secondary N) is 1. The zero-order valence-electron chi connectivity index (χ0n) is 15.7. The Morgan fingerprint density at radius 2 is 1.93 bits per heavy atom. The van der Waals surface area contributed by atoms with Gasteiger partial charge in [0.1, 0.15) is 0 Å². The summed E-state index contributed by atoms with van der Waals surface area (Å²) >= 11 is 1.66. The molecule has 1 atom stereocenters. The highest BCUT2D eigenvalue weighted by Crippen LogP contribution is 2.39. The Kier molecular flexibility index (Phi) is 5.93. The summed E-state index contributed by atoms with van der Waals surface area (Å²) in [7, 11) is -3.63. The second kappa shape index (κ2) is 8.04. The van der Waals surface area contributed by atoms with E-state index in [1.807, 2.05) is 31.2 Å². The number of amides is 1. The van der Waals surface area contributed by atoms with E-state index in [0.29, 0.717) is 25.2 Å². The molecule has 1 heterocycles. The Morgan fingerprint density at radius 3 is 2.59 bits per heavy atom. The number of thioether (sulfide) groups is 1. The van der Waals surface area contributed by atoms with E-state index in [4.69, 9.17) is 0 Å². The quantitative estimate of drug-likeness (QED) is 0.830. The molecule has 0 unspecified atom stereocenters. The fourth-order valence-electron chi connectivity index (χ4n) is 3.05. The smallest absolute Gasteiger partial charge is 0.240 e. The molecule has 0 bridgehead atoms. The third-order valence-corrected chi connectivity index (χ3v) is 7.12. The van der Waals surface area contributed by atoms with Crippen LogP contribution >= 0.6 is 11.8 Å². The van der Waals surface area contributed by atoms with Crippen LogP contribution in [0.5, 0.6) is 0 Å². The van der Waals surface area contributed by atoms with Crippen LogP contribution in [0.3, 0.4) is 0 Å². The van der Waals surface area contributed by atoms with Crippen molar-refractivity contribution in [2.45, 2.75) is 42.2 Å². The first-order valence-electron chi connectivity index (χ1n) is 8.90. The molecule has 2 aromatic carbocycles. The summed E-state index contributed by atoms with van der Waals surface area (Å²) in [4.78, 5) is 14.7. The van der Waals surface area contributed by atoms with Crippen molar-refractivity contribution in [3.63, 3.8) is 0 Å². The standard InChI is InChI=1S/C20H24N2O3S2/c1-14-4-6-17(7-5-14)10-11-21-27(24,25)18-8-9-20-19(12-18)22(16(3)23)13-15(2)26-20/h4-9,12,15,21H,10-11,13H2,1-3H3/t15-/m1/s1. The Labute approximate surface area is 165 Å². The second-order valence-corrected chi connectivity index (χ2v) is 10.1. The normalized spacial score (nSPS) is 16.9. The minimum absolute atomic E-state index is 0.0784. The summed E-state index contributed by atoms with van der Waals surface area (Å²) in [6.45, 7) is 6.49. The predicted octanol–water partition coefficient (Wildman–Crippen LogP) is 3.36. The van der Waals surface area contributed by atoms with Gasteiger partial charge in [0.15, 0.2) is 0 Å². The molecule has 1 N–H and O–H groups in total. The molecule has 1 amide bonds. The van der Waals surface area contributed by atoms with Crippen LogP contribution in [0.4, 0.5) is 5.69 Å². The highest BCUT2D eigenvalue weighted by atomic mass is 32.2. The summed E-state index contributed by atoms with van der Waals surface area (Å²) in [5, 5.41) is 0.275. The SMILES string of the molecule is CC(=O)N1C[C@@H](C)Sc2ccc(S(=O)(=O)NCCc3ccc(C)cc3)cc21. The summed E-state index contributed by atoms with van der Waals surface area (Å²) < 4.78 is 28.0. The van der Waals surface area contributed by atoms with Crippen LogP contribution in [-0.2, 0) is 21.2 Å². The molecular formula is C20H24N2O3S2. The first-order valence-corrected chi connectivity index (χ1v) is 11.3. The maximum Gasteiger partial charge on any atom is 0.240 e. The van der Waals surface area contributed by atoms with Gasteiger partial charge in [0, 0.05) is 30.2 Å². The number of hydrogen-bond donors (Lipinski definition) is 1. The van der Waals surface area contributed by atoms with E-state index >= 15 is 0 Å². The van der Waals surface area contributed by atoms with Crippen molar-refractivity contribution in [1.82, 2.24) is 4.72 Å². The largest absolute Gasteiger partial charge is 0.310 e. The summed E-state index contributed by atoms with van der Waals surface area (Å²) in [5.41, 5.74) is 2.93. The fourth-order valence-corrected chi connectivity index (χ4v) is 5.20. The third kappa shape index (κ3) is 4.72. The van der Waals surface area contributed by atoms with E-state index in [9.17, 15) is 13.2 Å². The molecule has 0 saturated carbocycles. The Bertz CT molecular complexity index is 940. The van der Waals surface area contributed by atoms with Crippen LogP contribution in [0.15, 0.2) is 52.3 Å². The summed E-state index contributed by atoms with van der Waals surface area (Å²) in [6.07, 6.45) is 0.622. The average Bonchev–Trinajstić information content (AvgIpc) is 2.62. The van der Waals surface area contributed by atoms with Crippen LogP contribution in [0, 0.1) is 6.92 Å². The number of aryl methyl sites for hydroxylation is 1. The number of carbonyl (C=O) groups excluding carboxylic acids is 1. The lowest BCUT2D eigenvalue weighted by Gasteiger charge is -2.32. The highest BCUT2D eigenvalue weighted by Gasteiger charge is 2.27. The molecule has 27 heavy (non-hydrogen) atoms. The van der Waals surface area contributed by atoms with E-state index in [1.165, 1.54) is 12.5 Å². The fraction of sp³-hybridized carbons (Fsp3) is 0.350. The summed E-state index contributed by atoms with van der Waals surface area (Å²) in [6, 6.07) is 13.0. The molecular weight excluding hydrogens is 380 g/mol. The number of rotatable bonds is 5. The molecule has 0 saturated heterocycles. The Balaban J connectivity index is 1.75. The minimum Gasteiger partial charge on any atom is -0.310 e. The molecule has 1 aliphatic rings. The average molecular weight is 405 g/mol.